The van der Waals surface area contributed by atoms with Crippen LogP contribution in [0.1, 0.15) is 12.7 Å². The van der Waals surface area contributed by atoms with Crippen molar-refractivity contribution in [2.75, 3.05) is 6.54 Å². The molecule has 0 saturated heterocycles. The molecule has 94 valence electrons. The number of nitrogens with zero attached hydrogens (tertiary/aromatic N) is 2. The van der Waals surface area contributed by atoms with Crippen LogP contribution in [0.25, 0.3) is 0 Å². The molecule has 1 rings (SSSR count). The molecule has 1 aromatic heterocycles. The van der Waals surface area contributed by atoms with Crippen LogP contribution in [0.15, 0.2) is 6.33 Å². The number of rotatable bonds is 5. The van der Waals surface area contributed by atoms with E-state index in [1.165, 1.54) is 6.33 Å². The number of aromatic amines is 1. The summed E-state index contributed by atoms with van der Waals surface area (Å²) in [6.45, 7) is 0.817. The van der Waals surface area contributed by atoms with Crippen molar-refractivity contribution in [2.24, 2.45) is 0 Å². The Morgan fingerprint density at radius 2 is 2.24 bits per heavy atom. The van der Waals surface area contributed by atoms with Crippen LogP contribution in [0.4, 0.5) is 4.79 Å². The first-order valence-electron chi connectivity index (χ1n) is 4.73. The number of H-pyrrole nitrogens is 1. The number of carbonyl (C=O) groups excluding carboxylic acids is 1. The van der Waals surface area contributed by atoms with E-state index in [0.29, 0.717) is 5.82 Å². The van der Waals surface area contributed by atoms with Gasteiger partial charge < -0.3 is 20.8 Å². The number of carboxylic acids is 1. The van der Waals surface area contributed by atoms with Crippen molar-refractivity contribution in [1.82, 2.24) is 25.8 Å². The Balaban J connectivity index is 2.28. The summed E-state index contributed by atoms with van der Waals surface area (Å²) in [6.07, 6.45) is 1.30. The van der Waals surface area contributed by atoms with E-state index < -0.39 is 24.1 Å². The highest BCUT2D eigenvalue weighted by atomic mass is 16.4. The van der Waals surface area contributed by atoms with Crippen molar-refractivity contribution in [1.29, 1.82) is 0 Å². The molecule has 0 bridgehead atoms. The third kappa shape index (κ3) is 4.07. The Labute approximate surface area is 96.2 Å². The molecule has 0 spiro atoms. The van der Waals surface area contributed by atoms with Gasteiger partial charge in [0.15, 0.2) is 5.60 Å². The summed E-state index contributed by atoms with van der Waals surface area (Å²) >= 11 is 0. The van der Waals surface area contributed by atoms with Gasteiger partial charge in [0.25, 0.3) is 0 Å². The molecule has 17 heavy (non-hydrogen) atoms. The molecule has 0 fully saturated rings. The summed E-state index contributed by atoms with van der Waals surface area (Å²) in [7, 11) is 0. The normalized spacial score (nSPS) is 13.8. The second kappa shape index (κ2) is 5.25. The highest BCUT2D eigenvalue weighted by Crippen LogP contribution is 2.00. The summed E-state index contributed by atoms with van der Waals surface area (Å²) in [5, 5.41) is 28.7. The van der Waals surface area contributed by atoms with Gasteiger partial charge in [-0.3, -0.25) is 5.10 Å². The molecule has 5 N–H and O–H groups in total. The summed E-state index contributed by atoms with van der Waals surface area (Å²) in [5.74, 6) is -0.946. The first kappa shape index (κ1) is 12.9. The predicted molar refractivity (Wildman–Crippen MR) is 54.9 cm³/mol. The second-order valence-electron chi connectivity index (χ2n) is 3.55. The average molecular weight is 243 g/mol. The van der Waals surface area contributed by atoms with Crippen LogP contribution in [0.5, 0.6) is 0 Å². The maximum absolute atomic E-state index is 11.2. The standard InChI is InChI=1S/C8H13N5O4/c1-8(17,6(14)15)3-10-7(16)9-2-5-11-4-12-13-5/h4,17H,2-3H2,1H3,(H,14,15)(H2,9,10,16)(H,11,12,13). The summed E-state index contributed by atoms with van der Waals surface area (Å²) in [6, 6.07) is -0.608. The van der Waals surface area contributed by atoms with Gasteiger partial charge in [0.2, 0.25) is 0 Å². The Kier molecular flexibility index (Phi) is 3.99. The highest BCUT2D eigenvalue weighted by molar-refractivity contribution is 5.79. The van der Waals surface area contributed by atoms with E-state index in [9.17, 15) is 14.7 Å². The molecular formula is C8H13N5O4. The molecule has 0 aliphatic heterocycles. The third-order valence-electron chi connectivity index (χ3n) is 1.94. The number of urea groups is 1. The van der Waals surface area contributed by atoms with Gasteiger partial charge in [0.1, 0.15) is 12.2 Å². The molecule has 9 nitrogen and oxygen atoms in total. The van der Waals surface area contributed by atoms with Crippen LogP contribution in [0, 0.1) is 0 Å². The maximum atomic E-state index is 11.2. The molecule has 0 aliphatic carbocycles. The van der Waals surface area contributed by atoms with Gasteiger partial charge in [-0.25, -0.2) is 14.6 Å². The number of aliphatic carboxylic acids is 1. The largest absolute Gasteiger partial charge is 0.479 e. The Morgan fingerprint density at radius 3 is 2.76 bits per heavy atom. The first-order chi connectivity index (χ1) is 7.92. The zero-order valence-corrected chi connectivity index (χ0v) is 9.10. The van der Waals surface area contributed by atoms with Crippen molar-refractivity contribution in [3.05, 3.63) is 12.2 Å². The topological polar surface area (TPSA) is 140 Å². The molecule has 0 saturated carbocycles. The number of nitrogens with one attached hydrogen (secondary N) is 3. The van der Waals surface area contributed by atoms with Gasteiger partial charge in [-0.2, -0.15) is 5.10 Å². The van der Waals surface area contributed by atoms with E-state index in [0.717, 1.165) is 6.92 Å². The third-order valence-corrected chi connectivity index (χ3v) is 1.94. The average Bonchev–Trinajstić information content (AvgIpc) is 2.76. The van der Waals surface area contributed by atoms with Crippen molar-refractivity contribution in [3.63, 3.8) is 0 Å². The van der Waals surface area contributed by atoms with Crippen LogP contribution in [-0.2, 0) is 11.3 Å². The first-order valence-corrected chi connectivity index (χ1v) is 4.73. The van der Waals surface area contributed by atoms with Crippen molar-refractivity contribution in [2.45, 2.75) is 19.1 Å². The van der Waals surface area contributed by atoms with Gasteiger partial charge in [-0.15, -0.1) is 0 Å². The molecule has 1 unspecified atom stereocenters. The number of carboxylic acid groups (broad SMARTS) is 1. The lowest BCUT2D eigenvalue weighted by Crippen LogP contribution is -2.49. The zero-order valence-electron chi connectivity index (χ0n) is 9.10. The number of carbonyl (C=O) groups is 2. The minimum Gasteiger partial charge on any atom is -0.479 e. The van der Waals surface area contributed by atoms with Crippen LogP contribution in [-0.4, -0.2) is 49.5 Å². The summed E-state index contributed by atoms with van der Waals surface area (Å²) in [4.78, 5) is 25.5. The Hall–Kier alpha value is -2.16. The molecule has 0 radical (unpaired) electrons. The lowest BCUT2D eigenvalue weighted by atomic mass is 10.1. The number of hydrogen-bond donors (Lipinski definition) is 5. The van der Waals surface area contributed by atoms with E-state index in [1.54, 1.807) is 0 Å². The van der Waals surface area contributed by atoms with Crippen LogP contribution < -0.4 is 10.6 Å². The van der Waals surface area contributed by atoms with Crippen LogP contribution in [0.3, 0.4) is 0 Å². The van der Waals surface area contributed by atoms with Crippen LogP contribution in [0.2, 0.25) is 0 Å². The number of amides is 2. The number of aromatic nitrogens is 3. The molecular weight excluding hydrogens is 230 g/mol. The minimum absolute atomic E-state index is 0.126. The van der Waals surface area contributed by atoms with Gasteiger partial charge in [-0.1, -0.05) is 0 Å². The van der Waals surface area contributed by atoms with Gasteiger partial charge >= 0.3 is 12.0 Å². The van der Waals surface area contributed by atoms with Crippen molar-refractivity contribution in [3.8, 4) is 0 Å². The molecule has 2 amide bonds. The molecule has 1 heterocycles. The van der Waals surface area contributed by atoms with Crippen LogP contribution >= 0.6 is 0 Å². The lowest BCUT2D eigenvalue weighted by molar-refractivity contribution is -0.155. The van der Waals surface area contributed by atoms with Gasteiger partial charge in [-0.05, 0) is 6.92 Å². The number of hydrogen-bond acceptors (Lipinski definition) is 5. The summed E-state index contributed by atoms with van der Waals surface area (Å²) in [5.41, 5.74) is -2.00. The van der Waals surface area contributed by atoms with Gasteiger partial charge in [0.05, 0.1) is 13.1 Å². The molecule has 1 aromatic rings. The minimum atomic E-state index is -2.00. The van der Waals surface area contributed by atoms with E-state index in [1.807, 2.05) is 0 Å². The van der Waals surface area contributed by atoms with E-state index in [4.69, 9.17) is 5.11 Å². The van der Waals surface area contributed by atoms with Crippen molar-refractivity contribution < 1.29 is 19.8 Å². The fourth-order valence-electron chi connectivity index (χ4n) is 0.870. The Morgan fingerprint density at radius 1 is 1.53 bits per heavy atom. The SMILES string of the molecule is CC(O)(CNC(=O)NCc1ncn[nH]1)C(=O)O. The van der Waals surface area contributed by atoms with Gasteiger partial charge in [0, 0.05) is 0 Å². The van der Waals surface area contributed by atoms with Crippen molar-refractivity contribution >= 4 is 12.0 Å². The fraction of sp³-hybridized carbons (Fsp3) is 0.500. The molecule has 9 heteroatoms. The predicted octanol–water partition coefficient (Wildman–Crippen LogP) is -1.56. The quantitative estimate of drug-likeness (QED) is 0.423. The van der Waals surface area contributed by atoms with E-state index in [-0.39, 0.29) is 6.54 Å². The Bertz CT molecular complexity index is 389. The second-order valence-corrected chi connectivity index (χ2v) is 3.55. The summed E-state index contributed by atoms with van der Waals surface area (Å²) < 4.78 is 0. The zero-order chi connectivity index (χ0) is 12.9. The molecule has 1 atom stereocenters. The van der Waals surface area contributed by atoms with E-state index in [2.05, 4.69) is 25.8 Å². The van der Waals surface area contributed by atoms with E-state index >= 15 is 0 Å². The molecule has 0 aliphatic rings. The molecule has 0 aromatic carbocycles. The number of aliphatic hydroxyl groups is 1. The monoisotopic (exact) mass is 243 g/mol. The smallest absolute Gasteiger partial charge is 0.337 e. The fourth-order valence-corrected chi connectivity index (χ4v) is 0.870. The highest BCUT2D eigenvalue weighted by Gasteiger charge is 2.30. The lowest BCUT2D eigenvalue weighted by Gasteiger charge is -2.18. The maximum Gasteiger partial charge on any atom is 0.337 e.